The van der Waals surface area contributed by atoms with Crippen molar-refractivity contribution in [3.63, 3.8) is 0 Å². The fourth-order valence-corrected chi connectivity index (χ4v) is 1.25. The molecule has 0 unspecified atom stereocenters. The Kier molecular flexibility index (Phi) is 3.82. The number of carbonyl (C=O) groups excluding carboxylic acids is 1. The molecule has 0 saturated carbocycles. The van der Waals surface area contributed by atoms with E-state index in [2.05, 4.69) is 0 Å². The summed E-state index contributed by atoms with van der Waals surface area (Å²) in [6.07, 6.45) is 0.501. The van der Waals surface area contributed by atoms with Gasteiger partial charge in [0.05, 0.1) is 30.3 Å². The lowest BCUT2D eigenvalue weighted by atomic mass is 10.2. The second-order valence-electron chi connectivity index (χ2n) is 2.87. The third-order valence-corrected chi connectivity index (χ3v) is 1.91. The van der Waals surface area contributed by atoms with Gasteiger partial charge < -0.3 is 9.47 Å². The molecule has 86 valence electrons. The molecule has 0 heterocycles. The molecule has 0 saturated heterocycles. The van der Waals surface area contributed by atoms with Crippen LogP contribution >= 0.6 is 0 Å². The molecule has 1 aromatic rings. The van der Waals surface area contributed by atoms with E-state index >= 15 is 0 Å². The number of hydrogen-bond acceptors (Lipinski definition) is 5. The van der Waals surface area contributed by atoms with Crippen LogP contribution in [-0.2, 0) is 0 Å². The van der Waals surface area contributed by atoms with E-state index in [9.17, 15) is 14.9 Å². The Bertz CT molecular complexity index is 416. The van der Waals surface area contributed by atoms with Crippen molar-refractivity contribution in [3.05, 3.63) is 27.8 Å². The van der Waals surface area contributed by atoms with Crippen molar-refractivity contribution in [1.82, 2.24) is 0 Å². The fourth-order valence-electron chi connectivity index (χ4n) is 1.25. The van der Waals surface area contributed by atoms with E-state index in [1.807, 2.05) is 0 Å². The Hall–Kier alpha value is -2.11. The number of ether oxygens (including phenoxy) is 2. The molecule has 0 N–H and O–H groups in total. The van der Waals surface area contributed by atoms with E-state index in [4.69, 9.17) is 9.47 Å². The highest BCUT2D eigenvalue weighted by Crippen LogP contribution is 2.34. The Morgan fingerprint density at radius 3 is 2.62 bits per heavy atom. The lowest BCUT2D eigenvalue weighted by molar-refractivity contribution is -0.385. The van der Waals surface area contributed by atoms with Gasteiger partial charge in [-0.25, -0.2) is 0 Å². The number of benzene rings is 1. The van der Waals surface area contributed by atoms with Crippen molar-refractivity contribution in [2.24, 2.45) is 0 Å². The van der Waals surface area contributed by atoms with Crippen LogP contribution in [-0.4, -0.2) is 24.9 Å². The summed E-state index contributed by atoms with van der Waals surface area (Å²) in [4.78, 5) is 20.8. The SMILES string of the molecule is CCOc1c(C=O)cc([N+](=O)[O-])cc1OC. The molecule has 0 aliphatic rings. The molecule has 0 bridgehead atoms. The zero-order valence-corrected chi connectivity index (χ0v) is 8.93. The van der Waals surface area contributed by atoms with Gasteiger partial charge >= 0.3 is 0 Å². The largest absolute Gasteiger partial charge is 0.493 e. The van der Waals surface area contributed by atoms with Crippen molar-refractivity contribution >= 4 is 12.0 Å². The molecule has 0 aliphatic heterocycles. The summed E-state index contributed by atoms with van der Waals surface area (Å²) in [6.45, 7) is 2.09. The first kappa shape index (κ1) is 12.0. The van der Waals surface area contributed by atoms with E-state index in [1.165, 1.54) is 13.2 Å². The van der Waals surface area contributed by atoms with Crippen molar-refractivity contribution in [1.29, 1.82) is 0 Å². The van der Waals surface area contributed by atoms with Gasteiger partial charge in [0.2, 0.25) is 0 Å². The summed E-state index contributed by atoms with van der Waals surface area (Å²) < 4.78 is 10.1. The second kappa shape index (κ2) is 5.11. The van der Waals surface area contributed by atoms with Crippen LogP contribution in [0, 0.1) is 10.1 Å². The molecule has 0 amide bonds. The predicted octanol–water partition coefficient (Wildman–Crippen LogP) is 1.81. The highest BCUT2D eigenvalue weighted by Gasteiger charge is 2.17. The second-order valence-corrected chi connectivity index (χ2v) is 2.87. The number of hydrogen-bond donors (Lipinski definition) is 0. The van der Waals surface area contributed by atoms with E-state index < -0.39 is 4.92 Å². The molecule has 0 spiro atoms. The normalized spacial score (nSPS) is 9.62. The zero-order valence-electron chi connectivity index (χ0n) is 8.93. The predicted molar refractivity (Wildman–Crippen MR) is 56.2 cm³/mol. The summed E-state index contributed by atoms with van der Waals surface area (Å²) in [7, 11) is 1.36. The number of carbonyl (C=O) groups is 1. The number of rotatable bonds is 5. The van der Waals surface area contributed by atoms with Crippen molar-refractivity contribution in [2.45, 2.75) is 6.92 Å². The van der Waals surface area contributed by atoms with Gasteiger partial charge in [0.15, 0.2) is 17.8 Å². The molecular formula is C10H11NO5. The summed E-state index contributed by atoms with van der Waals surface area (Å²) in [5.41, 5.74) is -0.102. The Balaban J connectivity index is 3.36. The summed E-state index contributed by atoms with van der Waals surface area (Å²) in [5, 5.41) is 10.6. The minimum absolute atomic E-state index is 0.105. The number of nitro benzene ring substituents is 1. The summed E-state index contributed by atoms with van der Waals surface area (Å²) in [6, 6.07) is 2.37. The van der Waals surface area contributed by atoms with Gasteiger partial charge in [-0.15, -0.1) is 0 Å². The van der Waals surface area contributed by atoms with Crippen LogP contribution in [0.4, 0.5) is 5.69 Å². The van der Waals surface area contributed by atoms with Crippen LogP contribution in [0.15, 0.2) is 12.1 Å². The number of non-ortho nitro benzene ring substituents is 1. The molecule has 0 fully saturated rings. The molecule has 6 heteroatoms. The molecule has 6 nitrogen and oxygen atoms in total. The van der Waals surface area contributed by atoms with Gasteiger partial charge in [-0.3, -0.25) is 14.9 Å². The van der Waals surface area contributed by atoms with Gasteiger partial charge in [0.1, 0.15) is 0 Å². The highest BCUT2D eigenvalue weighted by molar-refractivity contribution is 5.83. The lowest BCUT2D eigenvalue weighted by Gasteiger charge is -2.10. The van der Waals surface area contributed by atoms with Crippen molar-refractivity contribution in [2.75, 3.05) is 13.7 Å². The lowest BCUT2D eigenvalue weighted by Crippen LogP contribution is -2.01. The molecule has 0 aliphatic carbocycles. The van der Waals surface area contributed by atoms with Gasteiger partial charge in [0, 0.05) is 6.07 Å². The Morgan fingerprint density at radius 2 is 2.19 bits per heavy atom. The molecule has 1 aromatic carbocycles. The van der Waals surface area contributed by atoms with Crippen LogP contribution in [0.5, 0.6) is 11.5 Å². The van der Waals surface area contributed by atoms with Crippen LogP contribution in [0.2, 0.25) is 0 Å². The third kappa shape index (κ3) is 2.28. The van der Waals surface area contributed by atoms with Gasteiger partial charge in [-0.05, 0) is 6.92 Å². The highest BCUT2D eigenvalue weighted by atomic mass is 16.6. The van der Waals surface area contributed by atoms with E-state index in [0.717, 1.165) is 6.07 Å². The van der Waals surface area contributed by atoms with Crippen LogP contribution in [0.25, 0.3) is 0 Å². The van der Waals surface area contributed by atoms with Gasteiger partial charge in [-0.1, -0.05) is 0 Å². The summed E-state index contributed by atoms with van der Waals surface area (Å²) in [5.74, 6) is 0.406. The maximum atomic E-state index is 10.8. The fraction of sp³-hybridized carbons (Fsp3) is 0.300. The number of nitro groups is 1. The van der Waals surface area contributed by atoms with Crippen LogP contribution < -0.4 is 9.47 Å². The van der Waals surface area contributed by atoms with Crippen LogP contribution in [0.3, 0.4) is 0 Å². The third-order valence-electron chi connectivity index (χ3n) is 1.91. The molecular weight excluding hydrogens is 214 g/mol. The quantitative estimate of drug-likeness (QED) is 0.433. The maximum Gasteiger partial charge on any atom is 0.274 e. The Morgan fingerprint density at radius 1 is 1.50 bits per heavy atom. The minimum atomic E-state index is -0.592. The number of aldehydes is 1. The van der Waals surface area contributed by atoms with E-state index in [0.29, 0.717) is 12.9 Å². The van der Waals surface area contributed by atoms with Crippen molar-refractivity contribution < 1.29 is 19.2 Å². The monoisotopic (exact) mass is 225 g/mol. The molecule has 0 radical (unpaired) electrons. The molecule has 0 atom stereocenters. The summed E-state index contributed by atoms with van der Waals surface area (Å²) >= 11 is 0. The topological polar surface area (TPSA) is 78.7 Å². The zero-order chi connectivity index (χ0) is 12.1. The first-order valence-electron chi connectivity index (χ1n) is 4.58. The smallest absolute Gasteiger partial charge is 0.274 e. The minimum Gasteiger partial charge on any atom is -0.493 e. The average Bonchev–Trinajstić information content (AvgIpc) is 2.29. The standard InChI is InChI=1S/C10H11NO5/c1-3-16-10-7(6-12)4-8(11(13)14)5-9(10)15-2/h4-6H,3H2,1-2H3. The van der Waals surface area contributed by atoms with Crippen molar-refractivity contribution in [3.8, 4) is 11.5 Å². The number of nitrogens with zero attached hydrogens (tertiary/aromatic N) is 1. The van der Waals surface area contributed by atoms with E-state index in [-0.39, 0.29) is 22.7 Å². The molecule has 1 rings (SSSR count). The Labute approximate surface area is 91.9 Å². The first-order valence-corrected chi connectivity index (χ1v) is 4.58. The first-order chi connectivity index (χ1) is 7.63. The van der Waals surface area contributed by atoms with Gasteiger partial charge in [0.25, 0.3) is 5.69 Å². The number of methoxy groups -OCH3 is 1. The van der Waals surface area contributed by atoms with Gasteiger partial charge in [-0.2, -0.15) is 0 Å². The molecule has 16 heavy (non-hydrogen) atoms. The van der Waals surface area contributed by atoms with E-state index in [1.54, 1.807) is 6.92 Å². The maximum absolute atomic E-state index is 10.8. The molecule has 0 aromatic heterocycles. The van der Waals surface area contributed by atoms with Crippen LogP contribution in [0.1, 0.15) is 17.3 Å². The average molecular weight is 225 g/mol.